The van der Waals surface area contributed by atoms with Crippen LogP contribution in [0.4, 0.5) is 0 Å². The topological polar surface area (TPSA) is 178 Å². The highest BCUT2D eigenvalue weighted by Crippen LogP contribution is 2.25. The van der Waals surface area contributed by atoms with Gasteiger partial charge in [0.05, 0.1) is 36.4 Å². The Hall–Kier alpha value is -4.72. The van der Waals surface area contributed by atoms with Crippen molar-refractivity contribution in [2.24, 2.45) is 0 Å². The number of benzene rings is 2. The molecular formula is C27H26Cl2N4O8S. The second kappa shape index (κ2) is 12.4. The number of carboxylic acids is 1. The molecule has 3 N–H and O–H groups in total. The summed E-state index contributed by atoms with van der Waals surface area (Å²) in [6.07, 6.45) is 1.28. The molecule has 12 nitrogen and oxygen atoms in total. The molecule has 42 heavy (non-hydrogen) atoms. The van der Waals surface area contributed by atoms with E-state index in [1.807, 2.05) is 4.72 Å². The molecule has 0 aliphatic rings. The number of carbonyl (C=O) groups is 2. The number of aromatic amines is 1. The Labute approximate surface area is 252 Å². The Morgan fingerprint density at radius 2 is 1.40 bits per heavy atom. The fraction of sp³-hybridized carbons (Fsp3) is 0.0741. The van der Waals surface area contributed by atoms with E-state index in [0.29, 0.717) is 33.3 Å². The number of nitrogens with zero attached hydrogens (tertiary/aromatic N) is 2. The minimum Gasteiger partial charge on any atom is -0.497 e. The van der Waals surface area contributed by atoms with Crippen molar-refractivity contribution in [3.05, 3.63) is 98.6 Å². The first-order chi connectivity index (χ1) is 19.9. The number of sulfonamides is 1. The maximum Gasteiger partial charge on any atom is 0.338 e. The van der Waals surface area contributed by atoms with E-state index in [0.717, 1.165) is 6.07 Å². The van der Waals surface area contributed by atoms with Crippen molar-refractivity contribution in [3.63, 3.8) is 0 Å². The summed E-state index contributed by atoms with van der Waals surface area (Å²) in [5.41, 5.74) is 0.136. The summed E-state index contributed by atoms with van der Waals surface area (Å²) in [5, 5.41) is 9.94. The molecule has 3 aromatic heterocycles. The maximum absolute atomic E-state index is 12.4. The molecule has 0 saturated heterocycles. The van der Waals surface area contributed by atoms with Crippen LogP contribution < -0.4 is 19.8 Å². The lowest BCUT2D eigenvalue weighted by Gasteiger charge is -2.09. The van der Waals surface area contributed by atoms with Gasteiger partial charge >= 0.3 is 5.97 Å². The first-order valence-electron chi connectivity index (χ1n) is 11.7. The molecule has 0 fully saturated rings. The first kappa shape index (κ1) is 30.2. The Balaban J connectivity index is 0.000000463. The van der Waals surface area contributed by atoms with Crippen molar-refractivity contribution in [1.82, 2.24) is 19.7 Å². The minimum absolute atomic E-state index is 0. The molecule has 0 atom stereocenters. The van der Waals surface area contributed by atoms with E-state index in [4.69, 9.17) is 37.8 Å². The molecule has 15 heteroatoms. The van der Waals surface area contributed by atoms with Crippen molar-refractivity contribution in [2.45, 2.75) is 4.90 Å². The molecule has 0 bridgehead atoms. The number of aromatic carboxylic acids is 1. The normalized spacial score (nSPS) is 11.0. The third-order valence-electron chi connectivity index (χ3n) is 5.72. The van der Waals surface area contributed by atoms with Gasteiger partial charge in [0.2, 0.25) is 0 Å². The number of halogens is 2. The molecular weight excluding hydrogens is 611 g/mol. The Kier molecular flexibility index (Phi) is 8.95. The van der Waals surface area contributed by atoms with Crippen molar-refractivity contribution in [3.8, 4) is 11.5 Å². The number of hydrogen-bond acceptors (Lipinski definition) is 9. The van der Waals surface area contributed by atoms with Gasteiger partial charge in [0.1, 0.15) is 21.8 Å². The highest BCUT2D eigenvalue weighted by Gasteiger charge is 2.23. The standard InChI is InChI=1S/C16H12ClN3O5S.C11H8ClNO3.3H2/c1-25-10-4-5-12-9(7-10)8-11(14(17)19-12)15(21)20-26(23,24)13-3-2-6-18-16(13)22;1-16-7-2-3-9-6(4-7)5-8(11(14)15)10(12)13-9;;;/h2-8H,1H3,(H,18,22)(H,20,21);2-5H,1H3,(H,14,15);3*1H. The number of aromatic nitrogens is 3. The van der Waals surface area contributed by atoms with E-state index >= 15 is 0 Å². The summed E-state index contributed by atoms with van der Waals surface area (Å²) in [7, 11) is -1.34. The lowest BCUT2D eigenvalue weighted by atomic mass is 10.1. The van der Waals surface area contributed by atoms with Crippen LogP contribution in [0.15, 0.2) is 76.6 Å². The van der Waals surface area contributed by atoms with Crippen LogP contribution in [0.1, 0.15) is 25.0 Å². The van der Waals surface area contributed by atoms with Gasteiger partial charge in [-0.3, -0.25) is 9.59 Å². The van der Waals surface area contributed by atoms with Crippen LogP contribution in [0.25, 0.3) is 21.8 Å². The molecule has 0 saturated carbocycles. The van der Waals surface area contributed by atoms with Gasteiger partial charge < -0.3 is 19.6 Å². The van der Waals surface area contributed by atoms with Gasteiger partial charge in [-0.1, -0.05) is 23.2 Å². The van der Waals surface area contributed by atoms with Crippen molar-refractivity contribution in [1.29, 1.82) is 0 Å². The van der Waals surface area contributed by atoms with Crippen LogP contribution in [0.5, 0.6) is 11.5 Å². The lowest BCUT2D eigenvalue weighted by molar-refractivity contribution is 0.0696. The summed E-state index contributed by atoms with van der Waals surface area (Å²) >= 11 is 11.8. The number of ether oxygens (including phenoxy) is 2. The zero-order valence-electron chi connectivity index (χ0n) is 21.7. The van der Waals surface area contributed by atoms with E-state index in [2.05, 4.69) is 15.0 Å². The molecule has 0 spiro atoms. The number of methoxy groups -OCH3 is 2. The molecule has 0 radical (unpaired) electrons. The molecule has 0 unspecified atom stereocenters. The summed E-state index contributed by atoms with van der Waals surface area (Å²) in [6, 6.07) is 15.4. The number of carboxylic acid groups (broad SMARTS) is 1. The summed E-state index contributed by atoms with van der Waals surface area (Å²) in [5.74, 6) is -0.915. The Bertz CT molecular complexity index is 2030. The molecule has 5 rings (SSSR count). The number of fused-ring (bicyclic) bond motifs is 2. The largest absolute Gasteiger partial charge is 0.497 e. The fourth-order valence-corrected chi connectivity index (χ4v) is 5.16. The quantitative estimate of drug-likeness (QED) is 0.214. The highest BCUT2D eigenvalue weighted by atomic mass is 35.5. The average Bonchev–Trinajstić information content (AvgIpc) is 2.96. The van der Waals surface area contributed by atoms with Crippen LogP contribution in [0, 0.1) is 0 Å². The molecule has 0 aliphatic carbocycles. The highest BCUT2D eigenvalue weighted by molar-refractivity contribution is 7.90. The minimum atomic E-state index is -4.38. The fourth-order valence-electron chi connectivity index (χ4n) is 3.68. The van der Waals surface area contributed by atoms with E-state index in [1.165, 1.54) is 31.5 Å². The summed E-state index contributed by atoms with van der Waals surface area (Å²) in [6.45, 7) is 0. The van der Waals surface area contributed by atoms with E-state index in [9.17, 15) is 22.8 Å². The molecule has 5 aromatic rings. The number of nitrogens with one attached hydrogen (secondary N) is 2. The van der Waals surface area contributed by atoms with Crippen molar-refractivity contribution < 1.29 is 36.9 Å². The first-order valence-corrected chi connectivity index (χ1v) is 13.9. The molecule has 1 amide bonds. The van der Waals surface area contributed by atoms with E-state index in [1.54, 1.807) is 43.5 Å². The number of hydrogen-bond donors (Lipinski definition) is 3. The van der Waals surface area contributed by atoms with Crippen LogP contribution in [0.2, 0.25) is 10.3 Å². The van der Waals surface area contributed by atoms with Gasteiger partial charge in [-0.15, -0.1) is 0 Å². The molecule has 0 aliphatic heterocycles. The SMILES string of the molecule is COc1ccc2nc(Cl)c(C(=O)NS(=O)(=O)c3ccc[nH]c3=O)cc2c1.COc1ccc2nc(Cl)c(C(=O)O)cc2c1.[HH].[HH].[HH]. The Morgan fingerprint density at radius 3 is 1.90 bits per heavy atom. The summed E-state index contributed by atoms with van der Waals surface area (Å²) in [4.78, 5) is 44.7. The van der Waals surface area contributed by atoms with Gasteiger partial charge in [-0.25, -0.2) is 27.9 Å². The number of pyridine rings is 3. The smallest absolute Gasteiger partial charge is 0.338 e. The monoisotopic (exact) mass is 636 g/mol. The van der Waals surface area contributed by atoms with E-state index < -0.39 is 32.4 Å². The molecule has 2 aromatic carbocycles. The van der Waals surface area contributed by atoms with Gasteiger partial charge in [-0.2, -0.15) is 0 Å². The predicted octanol–water partition coefficient (Wildman–Crippen LogP) is 5.04. The van der Waals surface area contributed by atoms with Crippen LogP contribution >= 0.6 is 23.2 Å². The number of rotatable bonds is 6. The maximum atomic E-state index is 12.4. The number of H-pyrrole nitrogens is 1. The van der Waals surface area contributed by atoms with E-state index in [-0.39, 0.29) is 25.7 Å². The van der Waals surface area contributed by atoms with Crippen LogP contribution in [-0.4, -0.2) is 54.6 Å². The Morgan fingerprint density at radius 1 is 0.881 bits per heavy atom. The second-order valence-corrected chi connectivity index (χ2v) is 10.7. The van der Waals surface area contributed by atoms with Gasteiger partial charge in [0.25, 0.3) is 21.5 Å². The van der Waals surface area contributed by atoms with Crippen molar-refractivity contribution in [2.75, 3.05) is 14.2 Å². The summed E-state index contributed by atoms with van der Waals surface area (Å²) < 4.78 is 36.5. The second-order valence-electron chi connectivity index (χ2n) is 8.37. The van der Waals surface area contributed by atoms with Crippen molar-refractivity contribution >= 4 is 66.9 Å². The molecule has 222 valence electrons. The van der Waals surface area contributed by atoms with Gasteiger partial charge in [0, 0.05) is 21.2 Å². The predicted molar refractivity (Wildman–Crippen MR) is 162 cm³/mol. The molecule has 3 heterocycles. The van der Waals surface area contributed by atoms with Crippen LogP contribution in [-0.2, 0) is 10.0 Å². The van der Waals surface area contributed by atoms with Gasteiger partial charge in [-0.05, 0) is 60.7 Å². The zero-order chi connectivity index (χ0) is 30.6. The lowest BCUT2D eigenvalue weighted by Crippen LogP contribution is -2.34. The third kappa shape index (κ3) is 6.60. The number of amides is 1. The van der Waals surface area contributed by atoms with Gasteiger partial charge in [0.15, 0.2) is 4.90 Å². The number of carbonyl (C=O) groups excluding carboxylic acids is 1. The van der Waals surface area contributed by atoms with Crippen LogP contribution in [0.3, 0.4) is 0 Å². The average molecular weight is 637 g/mol. The zero-order valence-corrected chi connectivity index (χ0v) is 24.0. The third-order valence-corrected chi connectivity index (χ3v) is 7.66.